The monoisotopic (exact) mass is 339 g/mol. The van der Waals surface area contributed by atoms with E-state index in [9.17, 15) is 9.59 Å². The number of rotatable bonds is 5. The smallest absolute Gasteiger partial charge is 0.273 e. The van der Waals surface area contributed by atoms with Crippen LogP contribution in [0.2, 0.25) is 0 Å². The SMILES string of the molecule is CCc1ccc(-c2csc(NC(=O)c3cc(C(C)=O)c[nH]3)n2)cc1. The molecular weight excluding hydrogens is 322 g/mol. The Bertz CT molecular complexity index is 878. The van der Waals surface area contributed by atoms with Gasteiger partial charge >= 0.3 is 0 Å². The number of aryl methyl sites for hydroxylation is 1. The lowest BCUT2D eigenvalue weighted by Crippen LogP contribution is -2.11. The number of nitrogens with zero attached hydrogens (tertiary/aromatic N) is 1. The summed E-state index contributed by atoms with van der Waals surface area (Å²) < 4.78 is 0. The number of amides is 1. The average molecular weight is 339 g/mol. The van der Waals surface area contributed by atoms with Gasteiger partial charge in [0.2, 0.25) is 0 Å². The first-order chi connectivity index (χ1) is 11.6. The maximum absolute atomic E-state index is 12.2. The highest BCUT2D eigenvalue weighted by Gasteiger charge is 2.13. The van der Waals surface area contributed by atoms with Crippen LogP contribution in [0, 0.1) is 0 Å². The van der Waals surface area contributed by atoms with Crippen molar-refractivity contribution in [3.63, 3.8) is 0 Å². The molecule has 2 N–H and O–H groups in total. The van der Waals surface area contributed by atoms with Crippen LogP contribution in [-0.2, 0) is 6.42 Å². The molecule has 0 spiro atoms. The van der Waals surface area contributed by atoms with Crippen LogP contribution in [0.25, 0.3) is 11.3 Å². The molecule has 1 amide bonds. The molecule has 3 aromatic rings. The van der Waals surface area contributed by atoms with Gasteiger partial charge in [-0.25, -0.2) is 4.98 Å². The summed E-state index contributed by atoms with van der Waals surface area (Å²) in [5.41, 5.74) is 3.94. The number of anilines is 1. The van der Waals surface area contributed by atoms with Crippen molar-refractivity contribution in [3.05, 3.63) is 58.7 Å². The minimum atomic E-state index is -0.315. The highest BCUT2D eigenvalue weighted by atomic mass is 32.1. The number of hydrogen-bond donors (Lipinski definition) is 2. The third-order valence-electron chi connectivity index (χ3n) is 3.72. The van der Waals surface area contributed by atoms with Crippen LogP contribution in [0.5, 0.6) is 0 Å². The van der Waals surface area contributed by atoms with Crippen molar-refractivity contribution < 1.29 is 9.59 Å². The van der Waals surface area contributed by atoms with E-state index in [2.05, 4.69) is 34.3 Å². The highest BCUT2D eigenvalue weighted by Crippen LogP contribution is 2.25. The second-order valence-corrected chi connectivity index (χ2v) is 6.26. The zero-order chi connectivity index (χ0) is 17.1. The Kier molecular flexibility index (Phi) is 4.57. The predicted octanol–water partition coefficient (Wildman–Crippen LogP) is 4.16. The van der Waals surface area contributed by atoms with Gasteiger partial charge in [-0.2, -0.15) is 0 Å². The lowest BCUT2D eigenvalue weighted by Gasteiger charge is -2.00. The number of ketones is 1. The van der Waals surface area contributed by atoms with Crippen molar-refractivity contribution in [2.24, 2.45) is 0 Å². The number of nitrogens with one attached hydrogen (secondary N) is 2. The van der Waals surface area contributed by atoms with Crippen LogP contribution in [0.15, 0.2) is 41.9 Å². The Morgan fingerprint density at radius 2 is 2.00 bits per heavy atom. The van der Waals surface area contributed by atoms with Gasteiger partial charge in [0.25, 0.3) is 5.91 Å². The summed E-state index contributed by atoms with van der Waals surface area (Å²) in [6.45, 7) is 3.57. The first-order valence-corrected chi connectivity index (χ1v) is 8.50. The van der Waals surface area contributed by atoms with Crippen LogP contribution in [0.1, 0.15) is 40.3 Å². The molecule has 0 saturated heterocycles. The molecule has 122 valence electrons. The molecule has 0 bridgehead atoms. The molecule has 2 aromatic heterocycles. The van der Waals surface area contributed by atoms with Gasteiger partial charge in [0.05, 0.1) is 5.69 Å². The fraction of sp³-hybridized carbons (Fsp3) is 0.167. The number of hydrogen-bond acceptors (Lipinski definition) is 4. The van der Waals surface area contributed by atoms with Gasteiger partial charge in [0.15, 0.2) is 10.9 Å². The van der Waals surface area contributed by atoms with E-state index in [1.54, 1.807) is 0 Å². The molecule has 0 aliphatic carbocycles. The number of aromatic amines is 1. The van der Waals surface area contributed by atoms with E-state index in [1.807, 2.05) is 17.5 Å². The Labute approximate surface area is 143 Å². The Morgan fingerprint density at radius 1 is 1.25 bits per heavy atom. The quantitative estimate of drug-likeness (QED) is 0.686. The minimum absolute atomic E-state index is 0.0858. The number of Topliss-reactive ketones (excluding diaryl/α,β-unsaturated/α-hetero) is 1. The third kappa shape index (κ3) is 3.44. The fourth-order valence-electron chi connectivity index (χ4n) is 2.27. The van der Waals surface area contributed by atoms with Crippen LogP contribution in [0.4, 0.5) is 5.13 Å². The van der Waals surface area contributed by atoms with E-state index >= 15 is 0 Å². The van der Waals surface area contributed by atoms with Crippen LogP contribution >= 0.6 is 11.3 Å². The third-order valence-corrected chi connectivity index (χ3v) is 4.47. The molecular formula is C18H17N3O2S. The van der Waals surface area contributed by atoms with Gasteiger partial charge in [-0.05, 0) is 25.0 Å². The normalized spacial score (nSPS) is 10.6. The van der Waals surface area contributed by atoms with E-state index in [1.165, 1.54) is 36.1 Å². The number of carbonyl (C=O) groups excluding carboxylic acids is 2. The van der Waals surface area contributed by atoms with Crippen LogP contribution < -0.4 is 5.32 Å². The highest BCUT2D eigenvalue weighted by molar-refractivity contribution is 7.14. The van der Waals surface area contributed by atoms with Crippen molar-refractivity contribution in [1.82, 2.24) is 9.97 Å². The van der Waals surface area contributed by atoms with Crippen LogP contribution in [0.3, 0.4) is 0 Å². The first-order valence-electron chi connectivity index (χ1n) is 7.62. The molecule has 0 saturated carbocycles. The van der Waals surface area contributed by atoms with Crippen molar-refractivity contribution in [1.29, 1.82) is 0 Å². The van der Waals surface area contributed by atoms with Crippen molar-refractivity contribution >= 4 is 28.2 Å². The summed E-state index contributed by atoms with van der Waals surface area (Å²) in [5, 5.41) is 5.18. The zero-order valence-electron chi connectivity index (χ0n) is 13.4. The summed E-state index contributed by atoms with van der Waals surface area (Å²) in [4.78, 5) is 30.7. The lowest BCUT2D eigenvalue weighted by atomic mass is 10.1. The number of H-pyrrole nitrogens is 1. The molecule has 0 aliphatic rings. The number of aromatic nitrogens is 2. The zero-order valence-corrected chi connectivity index (χ0v) is 14.2. The molecule has 6 heteroatoms. The summed E-state index contributed by atoms with van der Waals surface area (Å²) >= 11 is 1.37. The summed E-state index contributed by atoms with van der Waals surface area (Å²) in [6.07, 6.45) is 2.52. The standard InChI is InChI=1S/C18H17N3O2S/c1-3-12-4-6-13(7-5-12)16-10-24-18(20-16)21-17(23)15-8-14(9-19-15)11(2)22/h4-10,19H,3H2,1-2H3,(H,20,21,23). The van der Waals surface area contributed by atoms with Gasteiger partial charge in [0.1, 0.15) is 5.69 Å². The largest absolute Gasteiger partial charge is 0.356 e. The average Bonchev–Trinajstić information content (AvgIpc) is 3.24. The molecule has 24 heavy (non-hydrogen) atoms. The summed E-state index contributed by atoms with van der Waals surface area (Å²) in [6, 6.07) is 9.76. The lowest BCUT2D eigenvalue weighted by molar-refractivity contribution is 0.101. The van der Waals surface area contributed by atoms with Crippen LogP contribution in [-0.4, -0.2) is 21.7 Å². The van der Waals surface area contributed by atoms with Gasteiger partial charge < -0.3 is 4.98 Å². The van der Waals surface area contributed by atoms with Gasteiger partial charge in [0, 0.05) is 22.7 Å². The van der Waals surface area contributed by atoms with Gasteiger partial charge in [-0.3, -0.25) is 14.9 Å². The van der Waals surface area contributed by atoms with E-state index in [-0.39, 0.29) is 11.7 Å². The molecule has 0 unspecified atom stereocenters. The maximum Gasteiger partial charge on any atom is 0.273 e. The molecule has 0 aliphatic heterocycles. The van der Waals surface area contributed by atoms with Crippen molar-refractivity contribution in [2.45, 2.75) is 20.3 Å². The predicted molar refractivity (Wildman–Crippen MR) is 95.7 cm³/mol. The number of thiazole rings is 1. The Morgan fingerprint density at radius 3 is 2.62 bits per heavy atom. The summed E-state index contributed by atoms with van der Waals surface area (Å²) in [7, 11) is 0. The maximum atomic E-state index is 12.2. The first kappa shape index (κ1) is 16.1. The molecule has 3 rings (SSSR count). The van der Waals surface area contributed by atoms with Crippen molar-refractivity contribution in [3.8, 4) is 11.3 Å². The fourth-order valence-corrected chi connectivity index (χ4v) is 2.98. The second kappa shape index (κ2) is 6.80. The number of benzene rings is 1. The molecule has 0 fully saturated rings. The molecule has 0 radical (unpaired) electrons. The Hall–Kier alpha value is -2.73. The van der Waals surface area contributed by atoms with E-state index < -0.39 is 0 Å². The molecule has 5 nitrogen and oxygen atoms in total. The second-order valence-electron chi connectivity index (χ2n) is 5.40. The Balaban J connectivity index is 1.72. The van der Waals surface area contributed by atoms with E-state index in [0.717, 1.165) is 17.7 Å². The van der Waals surface area contributed by atoms with E-state index in [4.69, 9.17) is 0 Å². The van der Waals surface area contributed by atoms with Crippen molar-refractivity contribution in [2.75, 3.05) is 5.32 Å². The molecule has 0 atom stereocenters. The molecule has 2 heterocycles. The molecule has 1 aromatic carbocycles. The van der Waals surface area contributed by atoms with Gasteiger partial charge in [-0.1, -0.05) is 31.2 Å². The minimum Gasteiger partial charge on any atom is -0.356 e. The van der Waals surface area contributed by atoms with E-state index in [0.29, 0.717) is 16.4 Å². The number of carbonyl (C=O) groups is 2. The summed E-state index contributed by atoms with van der Waals surface area (Å²) in [5.74, 6) is -0.401. The topological polar surface area (TPSA) is 74.8 Å². The van der Waals surface area contributed by atoms with Gasteiger partial charge in [-0.15, -0.1) is 11.3 Å².